The molecule has 0 aliphatic rings. The maximum atomic E-state index is 5.69. The van der Waals surface area contributed by atoms with Crippen LogP contribution in [0.5, 0.6) is 0 Å². The lowest BCUT2D eigenvalue weighted by Crippen LogP contribution is -2.09. The lowest BCUT2D eigenvalue weighted by Gasteiger charge is -2.10. The largest absolute Gasteiger partial charge is 0.330 e. The number of benzene rings is 1. The highest BCUT2D eigenvalue weighted by molar-refractivity contribution is 5.27. The van der Waals surface area contributed by atoms with Crippen molar-refractivity contribution in [1.29, 1.82) is 0 Å². The summed E-state index contributed by atoms with van der Waals surface area (Å²) >= 11 is 0. The SMILES string of the molecule is Cc1nn(Cc2ccc(C(C)CN)cc2)c(C)c1C. The maximum absolute atomic E-state index is 5.69. The molecule has 1 atom stereocenters. The maximum Gasteiger partial charge on any atom is 0.0662 e. The molecule has 3 heteroatoms. The molecule has 0 amide bonds. The minimum Gasteiger partial charge on any atom is -0.330 e. The van der Waals surface area contributed by atoms with Gasteiger partial charge in [-0.05, 0) is 49.9 Å². The number of aromatic nitrogens is 2. The zero-order chi connectivity index (χ0) is 14.0. The summed E-state index contributed by atoms with van der Waals surface area (Å²) in [6.07, 6.45) is 0. The molecule has 0 spiro atoms. The zero-order valence-electron chi connectivity index (χ0n) is 12.3. The highest BCUT2D eigenvalue weighted by atomic mass is 15.3. The van der Waals surface area contributed by atoms with Gasteiger partial charge in [0.15, 0.2) is 0 Å². The molecule has 1 unspecified atom stereocenters. The highest BCUT2D eigenvalue weighted by Crippen LogP contribution is 2.17. The first kappa shape index (κ1) is 13.8. The summed E-state index contributed by atoms with van der Waals surface area (Å²) in [5, 5.41) is 4.58. The summed E-state index contributed by atoms with van der Waals surface area (Å²) in [7, 11) is 0. The van der Waals surface area contributed by atoms with Crippen LogP contribution in [0.3, 0.4) is 0 Å². The van der Waals surface area contributed by atoms with E-state index in [1.54, 1.807) is 0 Å². The average molecular weight is 257 g/mol. The number of hydrogen-bond donors (Lipinski definition) is 1. The van der Waals surface area contributed by atoms with E-state index >= 15 is 0 Å². The Morgan fingerprint density at radius 3 is 2.26 bits per heavy atom. The molecule has 0 saturated heterocycles. The van der Waals surface area contributed by atoms with E-state index in [4.69, 9.17) is 5.73 Å². The Bertz CT molecular complexity index is 552. The topological polar surface area (TPSA) is 43.8 Å². The van der Waals surface area contributed by atoms with E-state index in [9.17, 15) is 0 Å². The zero-order valence-corrected chi connectivity index (χ0v) is 12.3. The Morgan fingerprint density at radius 2 is 1.79 bits per heavy atom. The summed E-state index contributed by atoms with van der Waals surface area (Å²) in [5.74, 6) is 0.421. The van der Waals surface area contributed by atoms with Crippen molar-refractivity contribution in [1.82, 2.24) is 9.78 Å². The fourth-order valence-corrected chi connectivity index (χ4v) is 2.20. The average Bonchev–Trinajstić information content (AvgIpc) is 2.66. The molecule has 1 aromatic heterocycles. The van der Waals surface area contributed by atoms with Crippen molar-refractivity contribution < 1.29 is 0 Å². The van der Waals surface area contributed by atoms with Crippen molar-refractivity contribution in [3.8, 4) is 0 Å². The fraction of sp³-hybridized carbons (Fsp3) is 0.438. The van der Waals surface area contributed by atoms with Crippen molar-refractivity contribution in [2.24, 2.45) is 5.73 Å². The van der Waals surface area contributed by atoms with E-state index < -0.39 is 0 Å². The second-order valence-electron chi connectivity index (χ2n) is 5.33. The van der Waals surface area contributed by atoms with Crippen molar-refractivity contribution in [3.05, 3.63) is 52.3 Å². The lowest BCUT2D eigenvalue weighted by molar-refractivity contribution is 0.658. The fourth-order valence-electron chi connectivity index (χ4n) is 2.20. The third-order valence-corrected chi connectivity index (χ3v) is 3.98. The predicted octanol–water partition coefficient (Wildman–Crippen LogP) is 2.92. The van der Waals surface area contributed by atoms with Gasteiger partial charge in [0.05, 0.1) is 12.2 Å². The van der Waals surface area contributed by atoms with E-state index in [1.165, 1.54) is 22.4 Å². The van der Waals surface area contributed by atoms with Gasteiger partial charge in [0.2, 0.25) is 0 Å². The molecule has 102 valence electrons. The Balaban J connectivity index is 2.17. The second-order valence-corrected chi connectivity index (χ2v) is 5.33. The molecule has 19 heavy (non-hydrogen) atoms. The third kappa shape index (κ3) is 2.87. The second kappa shape index (κ2) is 5.57. The normalized spacial score (nSPS) is 12.7. The number of nitrogens with two attached hydrogens (primary N) is 1. The minimum absolute atomic E-state index is 0.421. The molecule has 0 saturated carbocycles. The van der Waals surface area contributed by atoms with Crippen molar-refractivity contribution in [2.75, 3.05) is 6.54 Å². The van der Waals surface area contributed by atoms with Crippen molar-refractivity contribution in [3.63, 3.8) is 0 Å². The first-order valence-electron chi connectivity index (χ1n) is 6.82. The number of rotatable bonds is 4. The molecular formula is C16H23N3. The molecule has 0 aliphatic carbocycles. The molecule has 1 aromatic carbocycles. The Morgan fingerprint density at radius 1 is 1.16 bits per heavy atom. The molecule has 2 rings (SSSR count). The molecule has 2 N–H and O–H groups in total. The Labute approximate surface area is 115 Å². The van der Waals surface area contributed by atoms with Crippen LogP contribution in [-0.2, 0) is 6.54 Å². The van der Waals surface area contributed by atoms with Gasteiger partial charge in [-0.3, -0.25) is 4.68 Å². The summed E-state index contributed by atoms with van der Waals surface area (Å²) < 4.78 is 2.08. The monoisotopic (exact) mass is 257 g/mol. The van der Waals surface area contributed by atoms with Gasteiger partial charge in [-0.15, -0.1) is 0 Å². The standard InChI is InChI=1S/C16H23N3/c1-11(9-17)16-7-5-15(6-8-16)10-19-14(4)12(2)13(3)18-19/h5-8,11H,9-10,17H2,1-4H3. The summed E-state index contributed by atoms with van der Waals surface area (Å²) in [5.41, 5.74) is 11.9. The van der Waals surface area contributed by atoms with Gasteiger partial charge in [-0.2, -0.15) is 5.10 Å². The molecule has 2 aromatic rings. The van der Waals surface area contributed by atoms with Gasteiger partial charge in [0.25, 0.3) is 0 Å². The molecular weight excluding hydrogens is 234 g/mol. The van der Waals surface area contributed by atoms with Crippen molar-refractivity contribution >= 4 is 0 Å². The van der Waals surface area contributed by atoms with E-state index in [2.05, 4.69) is 61.7 Å². The number of aryl methyl sites for hydroxylation is 1. The number of hydrogen-bond acceptors (Lipinski definition) is 2. The first-order chi connectivity index (χ1) is 9.02. The molecule has 0 fully saturated rings. The van der Waals surface area contributed by atoms with Crippen LogP contribution in [-0.4, -0.2) is 16.3 Å². The smallest absolute Gasteiger partial charge is 0.0662 e. The molecule has 3 nitrogen and oxygen atoms in total. The van der Waals surface area contributed by atoms with E-state index in [1.807, 2.05) is 0 Å². The first-order valence-corrected chi connectivity index (χ1v) is 6.82. The van der Waals surface area contributed by atoms with Crippen LogP contribution in [0.1, 0.15) is 40.9 Å². The van der Waals surface area contributed by atoms with Crippen LogP contribution in [0.4, 0.5) is 0 Å². The van der Waals surface area contributed by atoms with E-state index in [0.29, 0.717) is 12.5 Å². The summed E-state index contributed by atoms with van der Waals surface area (Å²) in [4.78, 5) is 0. The van der Waals surface area contributed by atoms with Gasteiger partial charge >= 0.3 is 0 Å². The minimum atomic E-state index is 0.421. The number of nitrogens with zero attached hydrogens (tertiary/aromatic N) is 2. The molecule has 0 aliphatic heterocycles. The van der Waals surface area contributed by atoms with Gasteiger partial charge in [0, 0.05) is 5.69 Å². The van der Waals surface area contributed by atoms with E-state index in [-0.39, 0.29) is 0 Å². The van der Waals surface area contributed by atoms with Crippen LogP contribution in [0.15, 0.2) is 24.3 Å². The van der Waals surface area contributed by atoms with Gasteiger partial charge < -0.3 is 5.73 Å². The summed E-state index contributed by atoms with van der Waals surface area (Å²) in [6.45, 7) is 9.98. The van der Waals surface area contributed by atoms with Crippen LogP contribution < -0.4 is 5.73 Å². The van der Waals surface area contributed by atoms with Gasteiger partial charge in [-0.25, -0.2) is 0 Å². The molecule has 0 bridgehead atoms. The van der Waals surface area contributed by atoms with Gasteiger partial charge in [0.1, 0.15) is 0 Å². The molecule has 0 radical (unpaired) electrons. The quantitative estimate of drug-likeness (QED) is 0.915. The third-order valence-electron chi connectivity index (χ3n) is 3.98. The van der Waals surface area contributed by atoms with Crippen molar-refractivity contribution in [2.45, 2.75) is 40.2 Å². The lowest BCUT2D eigenvalue weighted by atomic mass is 10.00. The Kier molecular flexibility index (Phi) is 4.05. The predicted molar refractivity (Wildman–Crippen MR) is 79.5 cm³/mol. The van der Waals surface area contributed by atoms with Crippen LogP contribution in [0.2, 0.25) is 0 Å². The van der Waals surface area contributed by atoms with Crippen LogP contribution >= 0.6 is 0 Å². The molecule has 1 heterocycles. The summed E-state index contributed by atoms with van der Waals surface area (Å²) in [6, 6.07) is 8.69. The van der Waals surface area contributed by atoms with Crippen LogP contribution in [0.25, 0.3) is 0 Å². The Hall–Kier alpha value is -1.61. The highest BCUT2D eigenvalue weighted by Gasteiger charge is 2.08. The van der Waals surface area contributed by atoms with Crippen LogP contribution in [0, 0.1) is 20.8 Å². The van der Waals surface area contributed by atoms with E-state index in [0.717, 1.165) is 12.2 Å². The van der Waals surface area contributed by atoms with Gasteiger partial charge in [-0.1, -0.05) is 31.2 Å².